The van der Waals surface area contributed by atoms with Crippen LogP contribution in [-0.2, 0) is 6.42 Å². The Labute approximate surface area is 245 Å². The molecule has 0 radical (unpaired) electrons. The molecule has 5 heteroatoms. The molecule has 1 aromatic rings. The van der Waals surface area contributed by atoms with E-state index in [2.05, 4.69) is 77.7 Å². The number of aromatic nitrogens is 1. The van der Waals surface area contributed by atoms with Crippen LogP contribution in [-0.4, -0.2) is 27.6 Å². The molecule has 5 heterocycles. The number of rotatable bonds is 8. The number of hydroxylamine groups is 3. The van der Waals surface area contributed by atoms with E-state index in [9.17, 15) is 0 Å². The molecule has 0 aliphatic carbocycles. The molecule has 216 valence electrons. The lowest BCUT2D eigenvalue weighted by atomic mass is 9.91. The lowest BCUT2D eigenvalue weighted by Gasteiger charge is -2.42. The summed E-state index contributed by atoms with van der Waals surface area (Å²) in [5, 5.41) is 17.4. The first-order valence-corrected chi connectivity index (χ1v) is 15.9. The number of aromatic amines is 1. The van der Waals surface area contributed by atoms with Crippen LogP contribution in [0.25, 0.3) is 11.6 Å². The SMILES string of the molecule is CCC1=C(CC)C2=C(CC)C3=C(CC)C(CC)=C(C=C4C=CC(=N4)C=c4cc(CC)c([nH]4)=C(CC)C1=N2)[N@+]3([O-])CC. The van der Waals surface area contributed by atoms with Crippen LogP contribution in [0.2, 0.25) is 0 Å². The van der Waals surface area contributed by atoms with Gasteiger partial charge in [0.15, 0.2) is 0 Å². The molecule has 0 fully saturated rings. The van der Waals surface area contributed by atoms with Crippen molar-refractivity contribution in [3.63, 3.8) is 0 Å². The molecular weight excluding hydrogens is 504 g/mol. The Hall–Kier alpha value is -3.28. The molecule has 4 aliphatic rings. The maximum Gasteiger partial charge on any atom is 0.147 e. The third-order valence-corrected chi connectivity index (χ3v) is 9.17. The van der Waals surface area contributed by atoms with Gasteiger partial charge in [-0.1, -0.05) is 48.5 Å². The summed E-state index contributed by atoms with van der Waals surface area (Å²) in [6.07, 6.45) is 14.3. The van der Waals surface area contributed by atoms with Gasteiger partial charge in [0, 0.05) is 39.1 Å². The Morgan fingerprint density at radius 3 is 1.93 bits per heavy atom. The number of allylic oxidation sites excluding steroid dienone is 8. The number of aryl methyl sites for hydroxylation is 1. The van der Waals surface area contributed by atoms with Crippen LogP contribution in [0.1, 0.15) is 99.5 Å². The maximum absolute atomic E-state index is 15.2. The largest absolute Gasteiger partial charge is 0.622 e. The first kappa shape index (κ1) is 29.2. The van der Waals surface area contributed by atoms with Crippen LogP contribution >= 0.6 is 0 Å². The van der Waals surface area contributed by atoms with E-state index in [0.717, 1.165) is 90.1 Å². The topological polar surface area (TPSA) is 63.6 Å². The molecule has 1 N–H and O–H groups in total. The number of nitrogens with zero attached hydrogens (tertiary/aromatic N) is 3. The summed E-state index contributed by atoms with van der Waals surface area (Å²) < 4.78 is -0.448. The summed E-state index contributed by atoms with van der Waals surface area (Å²) in [7, 11) is 0. The summed E-state index contributed by atoms with van der Waals surface area (Å²) in [5.41, 5.74) is 14.3. The standard InChI is InChI=1S/C36H46N4O/c1-9-22-19-25-20-23-17-18-24(37-23)21-32-26(10-2)29(13-5)36(40(32,41)16-8)31(15-7)35-28(12-4)27(11-3)34(39-35)30(14-6)33(22)38-25/h17-21,38H,9-16H2,1-8H3/t40-/m1/s1. The molecule has 0 amide bonds. The second-order valence-corrected chi connectivity index (χ2v) is 11.2. The molecule has 5 rings (SSSR count). The van der Waals surface area contributed by atoms with E-state index < -0.39 is 4.65 Å². The zero-order chi connectivity index (χ0) is 29.5. The number of quaternary nitrogens is 1. The predicted octanol–water partition coefficient (Wildman–Crippen LogP) is 7.74. The van der Waals surface area contributed by atoms with Crippen molar-refractivity contribution in [3.8, 4) is 0 Å². The van der Waals surface area contributed by atoms with Crippen LogP contribution in [0.3, 0.4) is 0 Å². The Morgan fingerprint density at radius 2 is 1.34 bits per heavy atom. The molecule has 0 saturated heterocycles. The van der Waals surface area contributed by atoms with Crippen molar-refractivity contribution in [1.82, 2.24) is 4.98 Å². The second-order valence-electron chi connectivity index (χ2n) is 11.2. The minimum atomic E-state index is -0.448. The minimum absolute atomic E-state index is 0.433. The van der Waals surface area contributed by atoms with E-state index in [1.54, 1.807) is 0 Å². The van der Waals surface area contributed by atoms with Gasteiger partial charge in [-0.05, 0) is 92.9 Å². The lowest BCUT2D eigenvalue weighted by Crippen LogP contribution is -2.38. The summed E-state index contributed by atoms with van der Waals surface area (Å²) in [6, 6.07) is 2.26. The highest BCUT2D eigenvalue weighted by atomic mass is 16.5. The van der Waals surface area contributed by atoms with Gasteiger partial charge >= 0.3 is 0 Å². The van der Waals surface area contributed by atoms with Crippen LogP contribution in [0.4, 0.5) is 0 Å². The fourth-order valence-corrected chi connectivity index (χ4v) is 7.25. The van der Waals surface area contributed by atoms with Gasteiger partial charge in [-0.3, -0.25) is 4.65 Å². The van der Waals surface area contributed by atoms with Crippen molar-refractivity contribution < 1.29 is 4.65 Å². The third kappa shape index (κ3) is 4.54. The summed E-state index contributed by atoms with van der Waals surface area (Å²) in [5.74, 6) is 0. The highest BCUT2D eigenvalue weighted by molar-refractivity contribution is 6.29. The Kier molecular flexibility index (Phi) is 8.22. The third-order valence-electron chi connectivity index (χ3n) is 9.17. The van der Waals surface area contributed by atoms with Gasteiger partial charge in [-0.25, -0.2) is 9.98 Å². The summed E-state index contributed by atoms with van der Waals surface area (Å²) >= 11 is 0. The van der Waals surface area contributed by atoms with Gasteiger partial charge in [0.2, 0.25) is 0 Å². The van der Waals surface area contributed by atoms with Crippen molar-refractivity contribution in [2.45, 2.75) is 100 Å². The first-order valence-electron chi connectivity index (χ1n) is 15.9. The molecule has 8 bridgehead atoms. The van der Waals surface area contributed by atoms with Crippen LogP contribution in [0, 0.1) is 5.21 Å². The van der Waals surface area contributed by atoms with Crippen molar-refractivity contribution in [2.24, 2.45) is 9.98 Å². The normalized spacial score (nSPS) is 22.3. The van der Waals surface area contributed by atoms with Gasteiger partial charge in [0.05, 0.1) is 29.4 Å². The van der Waals surface area contributed by atoms with Gasteiger partial charge in [-0.2, -0.15) is 0 Å². The van der Waals surface area contributed by atoms with Crippen molar-refractivity contribution in [2.75, 3.05) is 6.54 Å². The fraction of sp³-hybridized carbons (Fsp3) is 0.444. The predicted molar refractivity (Wildman–Crippen MR) is 173 cm³/mol. The molecule has 1 aromatic heterocycles. The zero-order valence-electron chi connectivity index (χ0n) is 26.3. The average Bonchev–Trinajstić information content (AvgIpc) is 3.74. The highest BCUT2D eigenvalue weighted by Crippen LogP contribution is 2.49. The number of hydrogen-bond acceptors (Lipinski definition) is 3. The molecular formula is C36H46N4O. The molecule has 0 aromatic carbocycles. The lowest BCUT2D eigenvalue weighted by molar-refractivity contribution is -0.793. The van der Waals surface area contributed by atoms with E-state index in [1.807, 2.05) is 13.0 Å². The van der Waals surface area contributed by atoms with E-state index >= 15 is 5.21 Å². The molecule has 1 atom stereocenters. The van der Waals surface area contributed by atoms with Crippen LogP contribution in [0.15, 0.2) is 84.9 Å². The number of aliphatic imine (C=N–C) groups is 2. The Morgan fingerprint density at radius 1 is 0.683 bits per heavy atom. The van der Waals surface area contributed by atoms with E-state index in [4.69, 9.17) is 9.98 Å². The molecule has 41 heavy (non-hydrogen) atoms. The summed E-state index contributed by atoms with van der Waals surface area (Å²) in [4.78, 5) is 14.2. The number of hydrogen-bond donors (Lipinski definition) is 1. The molecule has 0 saturated carbocycles. The number of H-pyrrole nitrogens is 1. The van der Waals surface area contributed by atoms with Crippen LogP contribution < -0.4 is 10.7 Å². The zero-order valence-corrected chi connectivity index (χ0v) is 26.3. The van der Waals surface area contributed by atoms with E-state index in [-0.39, 0.29) is 0 Å². The monoisotopic (exact) mass is 550 g/mol. The van der Waals surface area contributed by atoms with Crippen molar-refractivity contribution >= 4 is 23.1 Å². The fourth-order valence-electron chi connectivity index (χ4n) is 7.25. The van der Waals surface area contributed by atoms with Crippen molar-refractivity contribution in [1.29, 1.82) is 0 Å². The first-order chi connectivity index (χ1) is 19.8. The minimum Gasteiger partial charge on any atom is -0.622 e. The quantitative estimate of drug-likeness (QED) is 0.261. The average molecular weight is 551 g/mol. The Bertz CT molecular complexity index is 1660. The van der Waals surface area contributed by atoms with Crippen molar-refractivity contribution in [3.05, 3.63) is 96.4 Å². The number of fused-ring (bicyclic) bond motifs is 6. The van der Waals surface area contributed by atoms with Gasteiger partial charge < -0.3 is 10.2 Å². The highest BCUT2D eigenvalue weighted by Gasteiger charge is 2.42. The number of nitrogens with one attached hydrogen (secondary N) is 1. The van der Waals surface area contributed by atoms with E-state index in [1.165, 1.54) is 38.8 Å². The van der Waals surface area contributed by atoms with Crippen LogP contribution in [0.5, 0.6) is 0 Å². The van der Waals surface area contributed by atoms with Gasteiger partial charge in [0.25, 0.3) is 0 Å². The summed E-state index contributed by atoms with van der Waals surface area (Å²) in [6.45, 7) is 17.9. The second kappa shape index (κ2) is 11.5. The van der Waals surface area contributed by atoms with Gasteiger partial charge in [-0.15, -0.1) is 0 Å². The number of likely N-dealkylation sites (N-methyl/N-ethyl adjacent to an activating group) is 1. The molecule has 0 spiro atoms. The smallest absolute Gasteiger partial charge is 0.147 e. The molecule has 5 nitrogen and oxygen atoms in total. The van der Waals surface area contributed by atoms with E-state index in [0.29, 0.717) is 6.54 Å². The molecule has 4 aliphatic heterocycles. The molecule has 0 unspecified atom stereocenters. The van der Waals surface area contributed by atoms with Gasteiger partial charge in [0.1, 0.15) is 11.4 Å². The Balaban J connectivity index is 1.99. The maximum atomic E-state index is 15.2.